The second-order valence-electron chi connectivity index (χ2n) is 24.6. The van der Waals surface area contributed by atoms with Crippen LogP contribution < -0.4 is 25.6 Å². The first kappa shape index (κ1) is 66.0. The van der Waals surface area contributed by atoms with Gasteiger partial charge in [-0.15, -0.1) is 32.9 Å². The molecular formula is C67H79FN12O8S3. The van der Waals surface area contributed by atoms with Crippen LogP contribution in [0, 0.1) is 36.9 Å². The van der Waals surface area contributed by atoms with E-state index in [-0.39, 0.29) is 61.2 Å². The smallest absolute Gasteiger partial charge is 0.355 e. The number of aliphatic hydroxyl groups is 1. The van der Waals surface area contributed by atoms with Crippen molar-refractivity contribution in [1.82, 2.24) is 50.5 Å². The number of rotatable bonds is 24. The van der Waals surface area contributed by atoms with Crippen molar-refractivity contribution in [3.05, 3.63) is 117 Å². The molecule has 2 unspecified atom stereocenters. The number of halogens is 1. The number of anilines is 4. The second-order valence-corrected chi connectivity index (χ2v) is 27.6. The number of β-amino-alcohol motifs (C(OH)–C–C–N with tert-alkyl or cyclic N) is 1. The number of benzene rings is 3. The SMILES string of the molecule is Cc1ncsc1-c1ccc(C(C)NC(=O)[C@@H]2C[C@@H](O)CN2C(=O)C(NC(=O)CCCCCCCC(=O)N2CCN(CC#Cc3ccc(OCCCc4sc(N5CCCc6c5nnc(Nc5nc7ccccc7s5)c6C)nc4C(=O)O)c(F)c3)CC2)C(C)(C)C)cc1. The Bertz CT molecular complexity index is 3780. The summed E-state index contributed by atoms with van der Waals surface area (Å²) in [5, 5.41) is 40.5. The Balaban J connectivity index is 0.596. The highest BCUT2D eigenvalue weighted by Crippen LogP contribution is 2.40. The van der Waals surface area contributed by atoms with Gasteiger partial charge in [-0.3, -0.25) is 24.1 Å². The van der Waals surface area contributed by atoms with Crippen molar-refractivity contribution in [1.29, 1.82) is 0 Å². The number of hydrogen-bond donors (Lipinski definition) is 5. The number of amides is 4. The quantitative estimate of drug-likeness (QED) is 0.0279. The number of aromatic nitrogens is 5. The van der Waals surface area contributed by atoms with E-state index >= 15 is 4.39 Å². The Labute approximate surface area is 542 Å². The molecule has 0 saturated carbocycles. The lowest BCUT2D eigenvalue weighted by Crippen LogP contribution is -2.57. The summed E-state index contributed by atoms with van der Waals surface area (Å²) in [6, 6.07) is 18.3. The van der Waals surface area contributed by atoms with Crippen LogP contribution >= 0.6 is 34.0 Å². The number of fused-ring (bicyclic) bond motifs is 2. The molecule has 2 saturated heterocycles. The van der Waals surface area contributed by atoms with E-state index in [9.17, 15) is 34.2 Å². The number of aromatic carboxylic acids is 1. The van der Waals surface area contributed by atoms with Crippen LogP contribution in [-0.2, 0) is 32.0 Å². The van der Waals surface area contributed by atoms with Crippen LogP contribution in [0.15, 0.2) is 72.2 Å². The molecule has 0 aliphatic carbocycles. The first-order valence-corrected chi connectivity index (χ1v) is 33.8. The summed E-state index contributed by atoms with van der Waals surface area (Å²) in [5.41, 5.74) is 7.42. The van der Waals surface area contributed by atoms with Crippen molar-refractivity contribution < 1.29 is 43.3 Å². The molecule has 3 aliphatic rings. The van der Waals surface area contributed by atoms with Crippen LogP contribution in [0.25, 0.3) is 20.7 Å². The van der Waals surface area contributed by atoms with Gasteiger partial charge in [-0.05, 0) is 106 Å². The Morgan fingerprint density at radius 3 is 2.36 bits per heavy atom. The van der Waals surface area contributed by atoms with Crippen molar-refractivity contribution >= 4 is 95.7 Å². The number of likely N-dealkylation sites (tertiary alicyclic amines) is 1. The molecule has 4 amide bonds. The third-order valence-corrected chi connectivity index (χ3v) is 19.9. The summed E-state index contributed by atoms with van der Waals surface area (Å²) < 4.78 is 22.2. The van der Waals surface area contributed by atoms with Gasteiger partial charge in [0.25, 0.3) is 0 Å². The van der Waals surface area contributed by atoms with Crippen LogP contribution in [-0.4, -0.2) is 150 Å². The van der Waals surface area contributed by atoms with Crippen molar-refractivity contribution in [2.45, 2.75) is 143 Å². The molecule has 0 radical (unpaired) electrons. The predicted octanol–water partition coefficient (Wildman–Crippen LogP) is 10.6. The van der Waals surface area contributed by atoms with Crippen molar-refractivity contribution in [3.8, 4) is 28.0 Å². The minimum Gasteiger partial charge on any atom is -0.491 e. The van der Waals surface area contributed by atoms with E-state index in [0.29, 0.717) is 92.2 Å². The molecule has 3 aliphatic heterocycles. The minimum atomic E-state index is -1.12. The number of nitrogens with zero attached hydrogens (tertiary/aromatic N) is 9. The van der Waals surface area contributed by atoms with E-state index in [1.165, 1.54) is 22.3 Å². The van der Waals surface area contributed by atoms with E-state index in [1.54, 1.807) is 34.8 Å². The number of carbonyl (C=O) groups is 5. The summed E-state index contributed by atoms with van der Waals surface area (Å²) in [5.74, 6) is 5.01. The number of hydrogen-bond acceptors (Lipinski definition) is 18. The number of thiazole rings is 3. The lowest BCUT2D eigenvalue weighted by Gasteiger charge is -2.35. The summed E-state index contributed by atoms with van der Waals surface area (Å²) >= 11 is 4.42. The van der Waals surface area contributed by atoms with Crippen LogP contribution in [0.2, 0.25) is 0 Å². The van der Waals surface area contributed by atoms with E-state index in [2.05, 4.69) is 57.8 Å². The van der Waals surface area contributed by atoms with E-state index < -0.39 is 41.3 Å². The average molecular weight is 1300 g/mol. The van der Waals surface area contributed by atoms with Gasteiger partial charge in [0.05, 0.1) is 51.6 Å². The topological polar surface area (TPSA) is 249 Å². The number of para-hydroxylation sites is 1. The number of aliphatic hydroxyl groups excluding tert-OH is 1. The Kier molecular flexibility index (Phi) is 21.7. The van der Waals surface area contributed by atoms with Crippen LogP contribution in [0.4, 0.5) is 26.3 Å². The zero-order chi connectivity index (χ0) is 64.3. The number of unbranched alkanes of at least 4 members (excludes halogenated alkanes) is 4. The van der Waals surface area contributed by atoms with Crippen LogP contribution in [0.1, 0.15) is 141 Å². The minimum absolute atomic E-state index is 0.00339. The van der Waals surface area contributed by atoms with Gasteiger partial charge in [-0.1, -0.05) is 99.6 Å². The fraction of sp³-hybridized carbons (Fsp3) is 0.463. The Morgan fingerprint density at radius 1 is 0.879 bits per heavy atom. The lowest BCUT2D eigenvalue weighted by atomic mass is 9.85. The van der Waals surface area contributed by atoms with E-state index in [4.69, 9.17) is 4.74 Å². The van der Waals surface area contributed by atoms with Crippen molar-refractivity contribution in [3.63, 3.8) is 0 Å². The van der Waals surface area contributed by atoms with E-state index in [1.807, 2.05) is 105 Å². The van der Waals surface area contributed by atoms with E-state index in [0.717, 1.165) is 86.7 Å². The average Bonchev–Trinajstić information content (AvgIpc) is 1.87. The molecule has 10 rings (SSSR count). The monoisotopic (exact) mass is 1290 g/mol. The molecule has 2 fully saturated rings. The van der Waals surface area contributed by atoms with Crippen LogP contribution in [0.3, 0.4) is 0 Å². The number of nitrogens with one attached hydrogen (secondary N) is 3. The molecule has 0 bridgehead atoms. The Hall–Kier alpha value is -7.95. The molecule has 24 heteroatoms. The van der Waals surface area contributed by atoms with Gasteiger partial charge in [0, 0.05) is 80.1 Å². The van der Waals surface area contributed by atoms with Gasteiger partial charge < -0.3 is 45.6 Å². The van der Waals surface area contributed by atoms with Crippen molar-refractivity contribution in [2.75, 3.05) is 62.6 Å². The highest BCUT2D eigenvalue weighted by molar-refractivity contribution is 7.22. The maximum atomic E-state index is 15.3. The number of carboxylic acids is 1. The van der Waals surface area contributed by atoms with Gasteiger partial charge in [-0.2, -0.15) is 0 Å². The molecule has 3 aromatic carbocycles. The molecular weight excluding hydrogens is 1220 g/mol. The number of ether oxygens (including phenoxy) is 1. The molecule has 4 atom stereocenters. The zero-order valence-corrected chi connectivity index (χ0v) is 54.8. The number of aryl methyl sites for hydroxylation is 2. The Morgan fingerprint density at radius 2 is 1.64 bits per heavy atom. The summed E-state index contributed by atoms with van der Waals surface area (Å²) in [4.78, 5) is 89.4. The summed E-state index contributed by atoms with van der Waals surface area (Å²) in [7, 11) is 0. The fourth-order valence-corrected chi connectivity index (χ4v) is 14.5. The van der Waals surface area contributed by atoms with Crippen LogP contribution in [0.5, 0.6) is 5.75 Å². The molecule has 0 spiro atoms. The van der Waals surface area contributed by atoms with Gasteiger partial charge in [0.15, 0.2) is 39.2 Å². The molecule has 480 valence electrons. The summed E-state index contributed by atoms with van der Waals surface area (Å²) in [6.45, 7) is 15.3. The number of piperazine rings is 1. The number of carbonyl (C=O) groups excluding carboxylic acids is 4. The summed E-state index contributed by atoms with van der Waals surface area (Å²) in [6.07, 6.45) is 6.20. The van der Waals surface area contributed by atoms with Gasteiger partial charge >= 0.3 is 5.97 Å². The highest BCUT2D eigenvalue weighted by atomic mass is 32.1. The van der Waals surface area contributed by atoms with Gasteiger partial charge in [0.1, 0.15) is 12.1 Å². The van der Waals surface area contributed by atoms with Gasteiger partial charge in [-0.25, -0.2) is 24.1 Å². The fourth-order valence-electron chi connectivity index (χ4n) is 11.7. The first-order chi connectivity index (χ1) is 43.8. The zero-order valence-electron chi connectivity index (χ0n) is 52.4. The first-order valence-electron chi connectivity index (χ1n) is 31.3. The second kappa shape index (κ2) is 30.0. The standard InChI is InChI=1S/C67H79FN12O8S3/c1-41-48-18-15-31-79(61(48)76-75-60(41)74-65-71-50-19-12-13-20-53(50)90-65)66-73-57(64(86)87)54(91-66)21-16-36-88-52-29-24-44(37-49(52)68)17-14-30-77-32-34-78(35-33-77)56(83)23-11-9-7-8-10-22-55(82)72-59(67(4,5)6)63(85)80-39-47(81)38-51(80)62(84)70-42(2)45-25-27-46(28-26-45)58-43(3)69-40-89-58/h12-13,19-20,24-29,37,40,42,47,51,59,81H,7-11,15-16,18,21-23,30-36,38-39H2,1-6H3,(H,70,84)(H,72,82)(H,86,87)(H,71,74,75)/t42?,47-,51+,59?/m1/s1. The molecule has 91 heavy (non-hydrogen) atoms. The largest absolute Gasteiger partial charge is 0.491 e. The van der Waals surface area contributed by atoms with Gasteiger partial charge in [0.2, 0.25) is 23.6 Å². The predicted molar refractivity (Wildman–Crippen MR) is 353 cm³/mol. The third-order valence-electron chi connectivity index (χ3n) is 16.9. The normalized spacial score (nSPS) is 16.6. The molecule has 4 aromatic heterocycles. The molecule has 7 heterocycles. The maximum absolute atomic E-state index is 15.3. The van der Waals surface area contributed by atoms with Crippen molar-refractivity contribution in [2.24, 2.45) is 5.41 Å². The highest BCUT2D eigenvalue weighted by Gasteiger charge is 2.45. The molecule has 7 aromatic rings. The lowest BCUT2D eigenvalue weighted by molar-refractivity contribution is -0.144. The third kappa shape index (κ3) is 16.6. The molecule has 20 nitrogen and oxygen atoms in total. The maximum Gasteiger partial charge on any atom is 0.355 e. The molecule has 5 N–H and O–H groups in total. The number of carboxylic acid groups (broad SMARTS) is 1.